The summed E-state index contributed by atoms with van der Waals surface area (Å²) in [4.78, 5) is 5.32. The smallest absolute Gasteiger partial charge is 0.177 e. The maximum atomic E-state index is 9.77. The fraction of sp³-hybridized carbons (Fsp3) is 0.429. The van der Waals surface area contributed by atoms with Crippen LogP contribution >= 0.6 is 22.9 Å². The summed E-state index contributed by atoms with van der Waals surface area (Å²) < 4.78 is 0.552. The van der Waals surface area contributed by atoms with Gasteiger partial charge in [-0.3, -0.25) is 0 Å². The van der Waals surface area contributed by atoms with Crippen molar-refractivity contribution >= 4 is 22.9 Å². The first-order chi connectivity index (χ1) is 7.15. The normalized spacial score (nSPS) is 13.0. The Kier molecular flexibility index (Phi) is 2.94. The Hall–Kier alpha value is -1.05. The first kappa shape index (κ1) is 10.5. The van der Waals surface area contributed by atoms with E-state index in [1.165, 1.54) is 22.3 Å². The minimum atomic E-state index is -0.730. The summed E-state index contributed by atoms with van der Waals surface area (Å²) in [5.74, 6) is 0.483. The maximum Gasteiger partial charge on any atom is 0.177 e. The lowest BCUT2D eigenvalue weighted by Crippen LogP contribution is -2.03. The lowest BCUT2D eigenvalue weighted by atomic mass is 10.2. The van der Waals surface area contributed by atoms with Crippen LogP contribution in [0.3, 0.4) is 0 Å². The first-order valence-electron chi connectivity index (χ1n) is 4.17. The van der Waals surface area contributed by atoms with Crippen LogP contribution in [-0.4, -0.2) is 30.3 Å². The largest absolute Gasteiger partial charge is 0.385 e. The molecule has 0 radical (unpaired) electrons. The fourth-order valence-electron chi connectivity index (χ4n) is 1.09. The number of tetrazole rings is 1. The van der Waals surface area contributed by atoms with E-state index in [0.717, 1.165) is 0 Å². The van der Waals surface area contributed by atoms with Gasteiger partial charge >= 0.3 is 0 Å². The standard InChI is InChI=1S/C7H8ClN5OS/c1-13-11-6(10-12-13)2-4(14)7-9-3-5(8)15-7/h3-4,14H,2H2,1H3. The quantitative estimate of drug-likeness (QED) is 0.857. The van der Waals surface area contributed by atoms with E-state index in [1.807, 2.05) is 0 Å². The topological polar surface area (TPSA) is 76.7 Å². The predicted molar refractivity (Wildman–Crippen MR) is 54.6 cm³/mol. The number of aliphatic hydroxyl groups excluding tert-OH is 1. The second-order valence-electron chi connectivity index (χ2n) is 2.92. The second kappa shape index (κ2) is 4.21. The molecule has 15 heavy (non-hydrogen) atoms. The Morgan fingerprint density at radius 3 is 3.00 bits per heavy atom. The van der Waals surface area contributed by atoms with Gasteiger partial charge in [-0.1, -0.05) is 11.6 Å². The molecule has 1 unspecified atom stereocenters. The van der Waals surface area contributed by atoms with Crippen LogP contribution in [0, 0.1) is 0 Å². The van der Waals surface area contributed by atoms with Crippen molar-refractivity contribution in [1.29, 1.82) is 0 Å². The molecule has 2 aromatic rings. The SMILES string of the molecule is Cn1nnc(CC(O)c2ncc(Cl)s2)n1. The molecule has 2 rings (SSSR count). The highest BCUT2D eigenvalue weighted by atomic mass is 35.5. The van der Waals surface area contributed by atoms with E-state index < -0.39 is 6.10 Å². The van der Waals surface area contributed by atoms with Gasteiger partial charge in [-0.2, -0.15) is 4.80 Å². The number of aryl methyl sites for hydroxylation is 1. The lowest BCUT2D eigenvalue weighted by Gasteiger charge is -2.02. The van der Waals surface area contributed by atoms with Gasteiger partial charge in [0, 0.05) is 6.42 Å². The summed E-state index contributed by atoms with van der Waals surface area (Å²) in [6, 6.07) is 0. The minimum Gasteiger partial charge on any atom is -0.385 e. The van der Waals surface area contributed by atoms with Gasteiger partial charge < -0.3 is 5.11 Å². The van der Waals surface area contributed by atoms with Crippen molar-refractivity contribution in [2.45, 2.75) is 12.5 Å². The summed E-state index contributed by atoms with van der Waals surface area (Å²) in [6.07, 6.45) is 1.07. The highest BCUT2D eigenvalue weighted by Gasteiger charge is 2.15. The second-order valence-corrected chi connectivity index (χ2v) is 4.61. The van der Waals surface area contributed by atoms with E-state index in [2.05, 4.69) is 20.4 Å². The van der Waals surface area contributed by atoms with E-state index in [9.17, 15) is 5.11 Å². The van der Waals surface area contributed by atoms with Crippen molar-refractivity contribution in [3.63, 3.8) is 0 Å². The number of aliphatic hydroxyl groups is 1. The Labute approximate surface area is 94.5 Å². The van der Waals surface area contributed by atoms with Crippen LogP contribution in [0.15, 0.2) is 6.20 Å². The number of halogens is 1. The van der Waals surface area contributed by atoms with Gasteiger partial charge in [0.1, 0.15) is 15.4 Å². The molecule has 0 aliphatic rings. The summed E-state index contributed by atoms with van der Waals surface area (Å²) in [5, 5.41) is 21.7. The zero-order chi connectivity index (χ0) is 10.8. The van der Waals surface area contributed by atoms with Gasteiger partial charge in [0.05, 0.1) is 13.2 Å². The molecule has 80 valence electrons. The molecule has 1 atom stereocenters. The van der Waals surface area contributed by atoms with Crippen LogP contribution < -0.4 is 0 Å². The van der Waals surface area contributed by atoms with Crippen molar-refractivity contribution in [3.05, 3.63) is 21.4 Å². The molecule has 0 aromatic carbocycles. The molecule has 6 nitrogen and oxygen atoms in total. The van der Waals surface area contributed by atoms with Crippen molar-refractivity contribution in [3.8, 4) is 0 Å². The third kappa shape index (κ3) is 2.49. The number of nitrogens with zero attached hydrogens (tertiary/aromatic N) is 5. The summed E-state index contributed by atoms with van der Waals surface area (Å²) >= 11 is 6.95. The molecule has 0 spiro atoms. The van der Waals surface area contributed by atoms with E-state index in [1.54, 1.807) is 7.05 Å². The Morgan fingerprint density at radius 2 is 2.47 bits per heavy atom. The summed E-state index contributed by atoms with van der Waals surface area (Å²) in [7, 11) is 1.67. The average Bonchev–Trinajstić information content (AvgIpc) is 2.75. The monoisotopic (exact) mass is 245 g/mol. The van der Waals surface area contributed by atoms with Gasteiger partial charge in [-0.05, 0) is 5.21 Å². The molecule has 1 N–H and O–H groups in total. The highest BCUT2D eigenvalue weighted by Crippen LogP contribution is 2.25. The number of thiazole rings is 1. The Bertz CT molecular complexity index is 456. The van der Waals surface area contributed by atoms with Crippen molar-refractivity contribution in [2.24, 2.45) is 7.05 Å². The average molecular weight is 246 g/mol. The zero-order valence-electron chi connectivity index (χ0n) is 7.83. The molecule has 0 bridgehead atoms. The fourth-order valence-corrected chi connectivity index (χ4v) is 2.00. The molecule has 0 aliphatic heterocycles. The molecular formula is C7H8ClN5OS. The van der Waals surface area contributed by atoms with Crippen LogP contribution in [0.5, 0.6) is 0 Å². The molecule has 2 aromatic heterocycles. The number of hydrogen-bond acceptors (Lipinski definition) is 6. The third-order valence-electron chi connectivity index (χ3n) is 1.71. The molecule has 0 aliphatic carbocycles. The molecule has 8 heteroatoms. The van der Waals surface area contributed by atoms with E-state index in [-0.39, 0.29) is 6.42 Å². The van der Waals surface area contributed by atoms with Crippen LogP contribution in [-0.2, 0) is 13.5 Å². The molecule has 2 heterocycles. The Morgan fingerprint density at radius 1 is 1.67 bits per heavy atom. The van der Waals surface area contributed by atoms with Crippen LogP contribution in [0.2, 0.25) is 4.34 Å². The molecule has 0 saturated heterocycles. The molecule has 0 saturated carbocycles. The number of rotatable bonds is 3. The lowest BCUT2D eigenvalue weighted by molar-refractivity contribution is 0.175. The van der Waals surface area contributed by atoms with Gasteiger partial charge in [0.15, 0.2) is 5.82 Å². The summed E-state index contributed by atoms with van der Waals surface area (Å²) in [6.45, 7) is 0. The first-order valence-corrected chi connectivity index (χ1v) is 5.37. The Balaban J connectivity index is 2.06. The zero-order valence-corrected chi connectivity index (χ0v) is 9.40. The van der Waals surface area contributed by atoms with Gasteiger partial charge in [-0.25, -0.2) is 4.98 Å². The molecule has 0 fully saturated rings. The van der Waals surface area contributed by atoms with Gasteiger partial charge in [0.25, 0.3) is 0 Å². The van der Waals surface area contributed by atoms with Crippen molar-refractivity contribution in [2.75, 3.05) is 0 Å². The van der Waals surface area contributed by atoms with Crippen molar-refractivity contribution < 1.29 is 5.11 Å². The molecular weight excluding hydrogens is 238 g/mol. The van der Waals surface area contributed by atoms with Crippen LogP contribution in [0.1, 0.15) is 16.9 Å². The van der Waals surface area contributed by atoms with E-state index in [0.29, 0.717) is 15.2 Å². The van der Waals surface area contributed by atoms with Gasteiger partial charge in [-0.15, -0.1) is 21.5 Å². The van der Waals surface area contributed by atoms with Gasteiger partial charge in [0.2, 0.25) is 0 Å². The summed E-state index contributed by atoms with van der Waals surface area (Å²) in [5.41, 5.74) is 0. The maximum absolute atomic E-state index is 9.77. The number of aromatic nitrogens is 5. The third-order valence-corrected chi connectivity index (χ3v) is 2.92. The van der Waals surface area contributed by atoms with Crippen LogP contribution in [0.25, 0.3) is 0 Å². The number of hydrogen-bond donors (Lipinski definition) is 1. The van der Waals surface area contributed by atoms with Crippen LogP contribution in [0.4, 0.5) is 0 Å². The van der Waals surface area contributed by atoms with E-state index >= 15 is 0 Å². The minimum absolute atomic E-state index is 0.289. The molecule has 0 amide bonds. The van der Waals surface area contributed by atoms with Crippen molar-refractivity contribution in [1.82, 2.24) is 25.2 Å². The highest BCUT2D eigenvalue weighted by molar-refractivity contribution is 7.15. The van der Waals surface area contributed by atoms with E-state index in [4.69, 9.17) is 11.6 Å². The predicted octanol–water partition coefficient (Wildman–Crippen LogP) is 0.596.